The summed E-state index contributed by atoms with van der Waals surface area (Å²) >= 11 is 3.42. The lowest BCUT2D eigenvalue weighted by atomic mass is 10.1. The molecular weight excluding hydrogens is 432 g/mol. The van der Waals surface area contributed by atoms with Crippen LogP contribution in [0, 0.1) is 0 Å². The maximum absolute atomic E-state index is 12.3. The highest BCUT2D eigenvalue weighted by molar-refractivity contribution is 9.10. The number of ether oxygens (including phenoxy) is 1. The van der Waals surface area contributed by atoms with Gasteiger partial charge in [-0.05, 0) is 40.6 Å². The van der Waals surface area contributed by atoms with E-state index in [4.69, 9.17) is 4.74 Å². The Morgan fingerprint density at radius 2 is 1.81 bits per heavy atom. The minimum absolute atomic E-state index is 0.285. The summed E-state index contributed by atoms with van der Waals surface area (Å²) in [4.78, 5) is 0. The fraction of sp³-hybridized carbons (Fsp3) is 0.0526. The molecule has 0 atom stereocenters. The highest BCUT2D eigenvalue weighted by atomic mass is 79.9. The van der Waals surface area contributed by atoms with Gasteiger partial charge in [0.15, 0.2) is 0 Å². The van der Waals surface area contributed by atoms with E-state index in [1.54, 1.807) is 12.1 Å². The average Bonchev–Trinajstić information content (AvgIpc) is 2.92. The summed E-state index contributed by atoms with van der Waals surface area (Å²) in [6, 6.07) is 18.8. The molecule has 1 aliphatic rings. The van der Waals surface area contributed by atoms with Gasteiger partial charge in [-0.3, -0.25) is 0 Å². The quantitative estimate of drug-likeness (QED) is 0.629. The van der Waals surface area contributed by atoms with E-state index in [0.717, 1.165) is 31.3 Å². The molecular formula is C19H15BrN2O4S. The van der Waals surface area contributed by atoms with Crippen molar-refractivity contribution in [2.45, 2.75) is 6.61 Å². The number of fused-ring (bicyclic) bond motifs is 1. The van der Waals surface area contributed by atoms with Crippen LogP contribution >= 0.6 is 15.9 Å². The molecule has 1 heterocycles. The minimum Gasteiger partial charge on any atom is -0.493 e. The fourth-order valence-electron chi connectivity index (χ4n) is 2.85. The number of aliphatic hydroxyl groups is 1. The molecule has 0 amide bonds. The highest BCUT2D eigenvalue weighted by Crippen LogP contribution is 2.37. The smallest absolute Gasteiger partial charge is 0.330 e. The summed E-state index contributed by atoms with van der Waals surface area (Å²) in [5, 5.41) is 11.4. The number of rotatable bonds is 4. The Balaban J connectivity index is 1.81. The van der Waals surface area contributed by atoms with Gasteiger partial charge in [-0.2, -0.15) is 8.42 Å². The molecule has 0 radical (unpaired) electrons. The van der Waals surface area contributed by atoms with Crippen molar-refractivity contribution in [3.63, 3.8) is 0 Å². The van der Waals surface area contributed by atoms with E-state index in [1.807, 2.05) is 48.5 Å². The van der Waals surface area contributed by atoms with E-state index < -0.39 is 16.1 Å². The third-order valence-electron chi connectivity index (χ3n) is 4.09. The average molecular weight is 447 g/mol. The van der Waals surface area contributed by atoms with Crippen LogP contribution in [0.2, 0.25) is 0 Å². The molecule has 0 aromatic heterocycles. The predicted molar refractivity (Wildman–Crippen MR) is 108 cm³/mol. The van der Waals surface area contributed by atoms with Gasteiger partial charge in [0.05, 0.1) is 6.20 Å². The van der Waals surface area contributed by atoms with Crippen molar-refractivity contribution < 1.29 is 18.3 Å². The van der Waals surface area contributed by atoms with Crippen LogP contribution in [0.25, 0.3) is 10.8 Å². The summed E-state index contributed by atoms with van der Waals surface area (Å²) in [5.41, 5.74) is 1.27. The maximum atomic E-state index is 12.3. The van der Waals surface area contributed by atoms with E-state index >= 15 is 0 Å². The SMILES string of the molecule is O=S1(=O)NC(O)=CN1c1cc2cc(Br)ccc2cc1OCc1ccccc1. The second kappa shape index (κ2) is 6.79. The van der Waals surface area contributed by atoms with E-state index in [-0.39, 0.29) is 6.61 Å². The van der Waals surface area contributed by atoms with Crippen molar-refractivity contribution in [1.82, 2.24) is 4.72 Å². The summed E-state index contributed by atoms with van der Waals surface area (Å²) in [7, 11) is -3.92. The van der Waals surface area contributed by atoms with E-state index in [1.165, 1.54) is 0 Å². The van der Waals surface area contributed by atoms with Gasteiger partial charge in [0.1, 0.15) is 18.0 Å². The largest absolute Gasteiger partial charge is 0.493 e. The third kappa shape index (κ3) is 3.58. The lowest BCUT2D eigenvalue weighted by Gasteiger charge is -2.19. The molecule has 2 N–H and O–H groups in total. The normalized spacial score (nSPS) is 15.4. The molecule has 0 aliphatic carbocycles. The molecule has 0 saturated heterocycles. The van der Waals surface area contributed by atoms with Crippen molar-refractivity contribution in [3.8, 4) is 5.75 Å². The number of benzene rings is 3. The predicted octanol–water partition coefficient (Wildman–Crippen LogP) is 4.19. The van der Waals surface area contributed by atoms with Crippen molar-refractivity contribution in [2.75, 3.05) is 4.31 Å². The van der Waals surface area contributed by atoms with Crippen LogP contribution in [0.15, 0.2) is 77.2 Å². The zero-order valence-electron chi connectivity index (χ0n) is 14.0. The first kappa shape index (κ1) is 17.7. The molecule has 138 valence electrons. The molecule has 0 bridgehead atoms. The van der Waals surface area contributed by atoms with Crippen LogP contribution in [-0.2, 0) is 16.8 Å². The number of nitrogens with zero attached hydrogens (tertiary/aromatic N) is 1. The zero-order chi connectivity index (χ0) is 19.0. The Kier molecular flexibility index (Phi) is 4.45. The van der Waals surface area contributed by atoms with E-state index in [0.29, 0.717) is 11.4 Å². The first-order valence-electron chi connectivity index (χ1n) is 8.05. The highest BCUT2D eigenvalue weighted by Gasteiger charge is 2.31. The minimum atomic E-state index is -3.92. The van der Waals surface area contributed by atoms with Crippen LogP contribution in [0.3, 0.4) is 0 Å². The lowest BCUT2D eigenvalue weighted by molar-refractivity contribution is 0.308. The van der Waals surface area contributed by atoms with Gasteiger partial charge >= 0.3 is 10.2 Å². The van der Waals surface area contributed by atoms with Crippen LogP contribution in [0.4, 0.5) is 5.69 Å². The van der Waals surface area contributed by atoms with Gasteiger partial charge < -0.3 is 9.84 Å². The van der Waals surface area contributed by atoms with Gasteiger partial charge in [-0.1, -0.05) is 52.3 Å². The Bertz CT molecular complexity index is 1150. The second-order valence-corrected chi connectivity index (χ2v) is 8.47. The molecule has 3 aromatic rings. The van der Waals surface area contributed by atoms with Gasteiger partial charge in [0.2, 0.25) is 5.88 Å². The molecule has 6 nitrogen and oxygen atoms in total. The van der Waals surface area contributed by atoms with Gasteiger partial charge in [-0.15, -0.1) is 0 Å². The van der Waals surface area contributed by atoms with Crippen molar-refractivity contribution in [2.24, 2.45) is 0 Å². The Labute approximate surface area is 165 Å². The number of hydrogen-bond acceptors (Lipinski definition) is 4. The van der Waals surface area contributed by atoms with Crippen LogP contribution in [0.1, 0.15) is 5.56 Å². The Morgan fingerprint density at radius 3 is 2.52 bits per heavy atom. The summed E-state index contributed by atoms with van der Waals surface area (Å²) in [6.45, 7) is 0.285. The fourth-order valence-corrected chi connectivity index (χ4v) is 4.28. The number of halogens is 1. The molecule has 0 fully saturated rings. The Morgan fingerprint density at radius 1 is 1.04 bits per heavy atom. The monoisotopic (exact) mass is 446 g/mol. The number of nitrogens with one attached hydrogen (secondary N) is 1. The van der Waals surface area contributed by atoms with E-state index in [9.17, 15) is 13.5 Å². The summed E-state index contributed by atoms with van der Waals surface area (Å²) in [5.74, 6) is -0.0525. The van der Waals surface area contributed by atoms with Crippen molar-refractivity contribution in [3.05, 3.63) is 82.8 Å². The van der Waals surface area contributed by atoms with Crippen molar-refractivity contribution >= 4 is 42.6 Å². The number of hydrogen-bond donors (Lipinski definition) is 2. The first-order valence-corrected chi connectivity index (χ1v) is 10.3. The molecule has 3 aromatic carbocycles. The van der Waals surface area contributed by atoms with Crippen molar-refractivity contribution in [1.29, 1.82) is 0 Å². The number of aliphatic hydroxyl groups excluding tert-OH is 1. The molecule has 27 heavy (non-hydrogen) atoms. The Hall–Kier alpha value is -2.71. The third-order valence-corrected chi connectivity index (χ3v) is 5.87. The van der Waals surface area contributed by atoms with Gasteiger partial charge in [0.25, 0.3) is 0 Å². The molecule has 1 aliphatic heterocycles. The topological polar surface area (TPSA) is 78.9 Å². The van der Waals surface area contributed by atoms with Gasteiger partial charge in [0, 0.05) is 4.47 Å². The summed E-state index contributed by atoms with van der Waals surface area (Å²) in [6.07, 6.45) is 1.11. The standard InChI is InChI=1S/C19H15BrN2O4S/c20-16-7-6-14-10-18(26-12-13-4-2-1-3-5-13)17(9-15(14)8-16)22-11-19(23)21-27(22,24)25/h1-11,21,23H,12H2. The van der Waals surface area contributed by atoms with Crippen LogP contribution in [0.5, 0.6) is 5.75 Å². The zero-order valence-corrected chi connectivity index (χ0v) is 16.4. The molecule has 8 heteroatoms. The second-order valence-electron chi connectivity index (χ2n) is 6.00. The number of anilines is 1. The molecule has 0 unspecified atom stereocenters. The van der Waals surface area contributed by atoms with Gasteiger partial charge in [-0.25, -0.2) is 9.03 Å². The van der Waals surface area contributed by atoms with Crippen LogP contribution in [-0.4, -0.2) is 13.5 Å². The lowest BCUT2D eigenvalue weighted by Crippen LogP contribution is -2.29. The molecule has 0 saturated carbocycles. The van der Waals surface area contributed by atoms with E-state index in [2.05, 4.69) is 20.7 Å². The molecule has 0 spiro atoms. The molecule has 4 rings (SSSR count). The van der Waals surface area contributed by atoms with Crippen LogP contribution < -0.4 is 13.8 Å². The maximum Gasteiger partial charge on any atom is 0.330 e. The summed E-state index contributed by atoms with van der Waals surface area (Å²) < 4.78 is 34.5. The first-order chi connectivity index (χ1) is 12.9.